The Bertz CT molecular complexity index is 1020. The number of rotatable bonds is 7. The van der Waals surface area contributed by atoms with Gasteiger partial charge in [-0.15, -0.1) is 11.8 Å². The summed E-state index contributed by atoms with van der Waals surface area (Å²) in [5, 5.41) is 3.77. The summed E-state index contributed by atoms with van der Waals surface area (Å²) in [6, 6.07) is 11.3. The fourth-order valence-corrected chi connectivity index (χ4v) is 5.13. The molecular weight excluding hydrogens is 469 g/mol. The number of hydrogen-bond donors (Lipinski definition) is 1. The normalized spacial score (nSPS) is 14.5. The van der Waals surface area contributed by atoms with E-state index >= 15 is 0 Å². The predicted molar refractivity (Wildman–Crippen MR) is 136 cm³/mol. The van der Waals surface area contributed by atoms with Crippen LogP contribution in [0.2, 0.25) is 10.0 Å². The summed E-state index contributed by atoms with van der Waals surface area (Å²) >= 11 is 13.7. The van der Waals surface area contributed by atoms with E-state index in [1.165, 1.54) is 0 Å². The molecule has 0 saturated carbocycles. The van der Waals surface area contributed by atoms with E-state index in [9.17, 15) is 9.35 Å². The number of allylic oxidation sites excluding steroid dienone is 5. The SMILES string of the molecule is CC[S+]([O-])C1=CCC=C(c2c(Cl)cc(NC(=O)Cc3ccc(SC)cc3)cc2Cl)C=C1. The summed E-state index contributed by atoms with van der Waals surface area (Å²) in [7, 11) is 0. The van der Waals surface area contributed by atoms with Gasteiger partial charge < -0.3 is 9.87 Å². The van der Waals surface area contributed by atoms with E-state index in [4.69, 9.17) is 23.2 Å². The average molecular weight is 492 g/mol. The van der Waals surface area contributed by atoms with Crippen LogP contribution >= 0.6 is 35.0 Å². The van der Waals surface area contributed by atoms with Crippen LogP contribution in [0.25, 0.3) is 5.57 Å². The molecule has 0 aliphatic heterocycles. The zero-order valence-electron chi connectivity index (χ0n) is 17.3. The molecule has 2 aromatic rings. The number of nitrogens with one attached hydrogen (secondary N) is 1. The Morgan fingerprint density at radius 1 is 1.13 bits per heavy atom. The zero-order chi connectivity index (χ0) is 22.4. The molecule has 0 fully saturated rings. The third-order valence-corrected chi connectivity index (χ3v) is 7.44. The molecule has 1 atom stereocenters. The molecule has 0 saturated heterocycles. The van der Waals surface area contributed by atoms with Crippen LogP contribution in [-0.4, -0.2) is 22.5 Å². The highest BCUT2D eigenvalue weighted by atomic mass is 35.5. The van der Waals surface area contributed by atoms with E-state index in [2.05, 4.69) is 5.32 Å². The first kappa shape index (κ1) is 24.0. The molecule has 1 amide bonds. The molecule has 0 spiro atoms. The summed E-state index contributed by atoms with van der Waals surface area (Å²) in [4.78, 5) is 14.4. The number of benzene rings is 2. The predicted octanol–water partition coefficient (Wildman–Crippen LogP) is 6.89. The first-order chi connectivity index (χ1) is 14.9. The molecule has 162 valence electrons. The maximum atomic E-state index is 12.5. The smallest absolute Gasteiger partial charge is 0.228 e. The van der Waals surface area contributed by atoms with Crippen molar-refractivity contribution in [3.05, 3.63) is 86.8 Å². The van der Waals surface area contributed by atoms with Crippen LogP contribution in [0.3, 0.4) is 0 Å². The van der Waals surface area contributed by atoms with Crippen molar-refractivity contribution in [2.24, 2.45) is 0 Å². The Kier molecular flexibility index (Phi) is 8.76. The van der Waals surface area contributed by atoms with Gasteiger partial charge in [-0.25, -0.2) is 0 Å². The Morgan fingerprint density at radius 3 is 2.42 bits per heavy atom. The Labute approximate surface area is 200 Å². The van der Waals surface area contributed by atoms with Crippen LogP contribution in [0.5, 0.6) is 0 Å². The van der Waals surface area contributed by atoms with E-state index < -0.39 is 11.2 Å². The first-order valence-corrected chi connectivity index (χ1v) is 13.1. The molecule has 1 aliphatic rings. The molecule has 1 aliphatic carbocycles. The highest BCUT2D eigenvalue weighted by molar-refractivity contribution is 7.98. The lowest BCUT2D eigenvalue weighted by Crippen LogP contribution is -2.14. The molecule has 0 aromatic heterocycles. The van der Waals surface area contributed by atoms with Crippen molar-refractivity contribution in [1.82, 2.24) is 0 Å². The monoisotopic (exact) mass is 491 g/mol. The van der Waals surface area contributed by atoms with Crippen LogP contribution in [0.1, 0.15) is 24.5 Å². The van der Waals surface area contributed by atoms with E-state index in [-0.39, 0.29) is 12.3 Å². The van der Waals surface area contributed by atoms with Crippen molar-refractivity contribution >= 4 is 63.3 Å². The van der Waals surface area contributed by atoms with Crippen molar-refractivity contribution in [2.45, 2.75) is 24.7 Å². The molecular formula is C24H23Cl2NO2S2. The Hall–Kier alpha value is -1.63. The van der Waals surface area contributed by atoms with Crippen LogP contribution in [0.4, 0.5) is 5.69 Å². The number of amides is 1. The van der Waals surface area contributed by atoms with Gasteiger partial charge in [0.2, 0.25) is 5.91 Å². The average Bonchev–Trinajstić information content (AvgIpc) is 2.99. The maximum Gasteiger partial charge on any atom is 0.228 e. The van der Waals surface area contributed by atoms with Gasteiger partial charge in [0.25, 0.3) is 0 Å². The van der Waals surface area contributed by atoms with Gasteiger partial charge in [-0.2, -0.15) is 0 Å². The topological polar surface area (TPSA) is 52.2 Å². The fraction of sp³-hybridized carbons (Fsp3) is 0.208. The molecule has 0 heterocycles. The summed E-state index contributed by atoms with van der Waals surface area (Å²) in [6.45, 7) is 1.89. The maximum absolute atomic E-state index is 12.5. The van der Waals surface area contributed by atoms with E-state index in [1.54, 1.807) is 23.9 Å². The van der Waals surface area contributed by atoms with Crippen molar-refractivity contribution in [1.29, 1.82) is 0 Å². The molecule has 1 unspecified atom stereocenters. The van der Waals surface area contributed by atoms with Gasteiger partial charge in [0.15, 0.2) is 0 Å². The second kappa shape index (κ2) is 11.3. The van der Waals surface area contributed by atoms with Gasteiger partial charge >= 0.3 is 0 Å². The lowest BCUT2D eigenvalue weighted by molar-refractivity contribution is -0.115. The standard InChI is InChI=1S/C24H23Cl2NO2S2/c1-3-31(29)20-6-4-5-17(9-12-20)24-21(25)14-18(15-22(24)26)27-23(28)13-16-7-10-19(30-2)11-8-16/h5-12,14-15H,3-4,13H2,1-2H3,(H,27,28). The minimum atomic E-state index is -1.01. The third kappa shape index (κ3) is 6.43. The van der Waals surface area contributed by atoms with Gasteiger partial charge in [-0.3, -0.25) is 4.79 Å². The molecule has 0 radical (unpaired) electrons. The molecule has 7 heteroatoms. The molecule has 1 N–H and O–H groups in total. The quantitative estimate of drug-likeness (QED) is 0.338. The highest BCUT2D eigenvalue weighted by Crippen LogP contribution is 2.36. The van der Waals surface area contributed by atoms with E-state index in [1.807, 2.05) is 61.7 Å². The summed E-state index contributed by atoms with van der Waals surface area (Å²) < 4.78 is 12.1. The van der Waals surface area contributed by atoms with Crippen LogP contribution < -0.4 is 5.32 Å². The number of anilines is 1. The first-order valence-electron chi connectivity index (χ1n) is 9.80. The zero-order valence-corrected chi connectivity index (χ0v) is 20.4. The van der Waals surface area contributed by atoms with Gasteiger partial charge in [-0.1, -0.05) is 41.4 Å². The van der Waals surface area contributed by atoms with Crippen molar-refractivity contribution in [2.75, 3.05) is 17.3 Å². The van der Waals surface area contributed by atoms with E-state index in [0.29, 0.717) is 33.5 Å². The van der Waals surface area contributed by atoms with Crippen molar-refractivity contribution < 1.29 is 9.35 Å². The molecule has 2 aromatic carbocycles. The number of hydrogen-bond acceptors (Lipinski definition) is 3. The summed E-state index contributed by atoms with van der Waals surface area (Å²) in [5.41, 5.74) is 3.04. The summed E-state index contributed by atoms with van der Waals surface area (Å²) in [6.07, 6.45) is 10.6. The minimum Gasteiger partial charge on any atom is -0.611 e. The van der Waals surface area contributed by atoms with Crippen LogP contribution in [-0.2, 0) is 22.4 Å². The van der Waals surface area contributed by atoms with Crippen LogP contribution in [0, 0.1) is 0 Å². The van der Waals surface area contributed by atoms with Gasteiger partial charge in [0.1, 0.15) is 10.7 Å². The largest absolute Gasteiger partial charge is 0.611 e. The Morgan fingerprint density at radius 2 is 1.81 bits per heavy atom. The highest BCUT2D eigenvalue weighted by Gasteiger charge is 2.16. The summed E-state index contributed by atoms with van der Waals surface area (Å²) in [5.74, 6) is 0.435. The van der Waals surface area contributed by atoms with Gasteiger partial charge in [-0.05, 0) is 84.4 Å². The minimum absolute atomic E-state index is 0.138. The molecule has 0 bridgehead atoms. The van der Waals surface area contributed by atoms with E-state index in [0.717, 1.165) is 20.9 Å². The van der Waals surface area contributed by atoms with Gasteiger partial charge in [0.05, 0.1) is 16.5 Å². The molecule has 3 rings (SSSR count). The number of halogens is 2. The van der Waals surface area contributed by atoms with Crippen molar-refractivity contribution in [3.8, 4) is 0 Å². The fourth-order valence-electron chi connectivity index (χ4n) is 3.19. The number of carbonyl (C=O) groups excluding carboxylic acids is 1. The number of thioether (sulfide) groups is 1. The lowest BCUT2D eigenvalue weighted by Gasteiger charge is -2.12. The second-order valence-electron chi connectivity index (χ2n) is 6.86. The molecule has 3 nitrogen and oxygen atoms in total. The lowest BCUT2D eigenvalue weighted by atomic mass is 10.0. The van der Waals surface area contributed by atoms with Crippen LogP contribution in [0.15, 0.2) is 70.5 Å². The second-order valence-corrected chi connectivity index (χ2v) is 10.3. The van der Waals surface area contributed by atoms with Crippen molar-refractivity contribution in [3.63, 3.8) is 0 Å². The van der Waals surface area contributed by atoms with Gasteiger partial charge in [0, 0.05) is 16.1 Å². The molecule has 31 heavy (non-hydrogen) atoms. The number of carbonyl (C=O) groups is 1. The Balaban J connectivity index is 1.73. The third-order valence-electron chi connectivity index (χ3n) is 4.75.